The Morgan fingerprint density at radius 2 is 1.78 bits per heavy atom. The third kappa shape index (κ3) is 5.01. The molecule has 2 amide bonds. The molecule has 0 radical (unpaired) electrons. The Balaban J connectivity index is 1.57. The van der Waals surface area contributed by atoms with E-state index in [0.29, 0.717) is 28.8 Å². The fourth-order valence-electron chi connectivity index (χ4n) is 2.26. The maximum atomic E-state index is 12.1. The van der Waals surface area contributed by atoms with Crippen LogP contribution in [0.25, 0.3) is 0 Å². The van der Waals surface area contributed by atoms with Gasteiger partial charge in [-0.15, -0.1) is 0 Å². The van der Waals surface area contributed by atoms with Gasteiger partial charge in [0.15, 0.2) is 5.82 Å². The summed E-state index contributed by atoms with van der Waals surface area (Å²) in [4.78, 5) is 12.1. The maximum Gasteiger partial charge on any atom is 0.324 e. The van der Waals surface area contributed by atoms with E-state index in [1.54, 1.807) is 48.5 Å². The molecule has 0 aliphatic heterocycles. The lowest BCUT2D eigenvalue weighted by Gasteiger charge is -2.12. The number of urea groups is 1. The van der Waals surface area contributed by atoms with Crippen LogP contribution in [0.1, 0.15) is 26.5 Å². The number of carbonyl (C=O) groups is 1. The summed E-state index contributed by atoms with van der Waals surface area (Å²) in [7, 11) is 0. The summed E-state index contributed by atoms with van der Waals surface area (Å²) in [6.07, 6.45) is 0. The van der Waals surface area contributed by atoms with Gasteiger partial charge in [-0.3, -0.25) is 5.32 Å². The van der Waals surface area contributed by atoms with E-state index < -0.39 is 6.03 Å². The zero-order valence-electron chi connectivity index (χ0n) is 15.3. The predicted molar refractivity (Wildman–Crippen MR) is 102 cm³/mol. The topological polar surface area (TPSA) is 96.6 Å². The first-order valence-electron chi connectivity index (χ1n) is 8.42. The van der Waals surface area contributed by atoms with Gasteiger partial charge in [-0.2, -0.15) is 0 Å². The van der Waals surface area contributed by atoms with Crippen molar-refractivity contribution in [2.45, 2.75) is 26.2 Å². The van der Waals surface area contributed by atoms with Crippen molar-refractivity contribution in [2.24, 2.45) is 0 Å². The summed E-state index contributed by atoms with van der Waals surface area (Å²) in [5.74, 6) is 2.27. The third-order valence-electron chi connectivity index (χ3n) is 3.66. The molecule has 0 saturated heterocycles. The Morgan fingerprint density at radius 1 is 1.04 bits per heavy atom. The molecule has 1 aromatic heterocycles. The van der Waals surface area contributed by atoms with Gasteiger partial charge in [-0.1, -0.05) is 32.0 Å². The van der Waals surface area contributed by atoms with Crippen molar-refractivity contribution in [1.29, 1.82) is 0 Å². The maximum absolute atomic E-state index is 12.1. The number of nitrogens with zero attached hydrogens (tertiary/aromatic N) is 1. The van der Waals surface area contributed by atoms with E-state index in [1.165, 1.54) is 6.07 Å². The van der Waals surface area contributed by atoms with Crippen LogP contribution in [0.15, 0.2) is 59.1 Å². The number of aromatic nitrogens is 1. The smallest absolute Gasteiger partial charge is 0.324 e. The van der Waals surface area contributed by atoms with Crippen LogP contribution in [-0.4, -0.2) is 16.3 Å². The summed E-state index contributed by atoms with van der Waals surface area (Å²) in [5.41, 5.74) is 0.407. The molecule has 2 aromatic carbocycles. The van der Waals surface area contributed by atoms with Crippen molar-refractivity contribution in [3.8, 4) is 17.2 Å². The minimum atomic E-state index is -0.426. The molecular weight excluding hydrogens is 346 g/mol. The number of aromatic hydroxyl groups is 1. The number of hydrogen-bond acceptors (Lipinski definition) is 5. The van der Waals surface area contributed by atoms with Gasteiger partial charge >= 0.3 is 6.03 Å². The van der Waals surface area contributed by atoms with Crippen LogP contribution < -0.4 is 15.4 Å². The molecule has 0 aliphatic carbocycles. The molecule has 0 bridgehead atoms. The average Bonchev–Trinajstić information content (AvgIpc) is 3.05. The van der Waals surface area contributed by atoms with Crippen LogP contribution in [0.5, 0.6) is 17.2 Å². The average molecular weight is 367 g/mol. The number of carbonyl (C=O) groups excluding carboxylic acids is 1. The molecule has 0 saturated carbocycles. The number of phenolic OH excluding ortho intramolecular Hbond substituents is 1. The van der Waals surface area contributed by atoms with E-state index in [0.717, 1.165) is 0 Å². The van der Waals surface area contributed by atoms with Crippen LogP contribution in [0.3, 0.4) is 0 Å². The van der Waals surface area contributed by atoms with E-state index >= 15 is 0 Å². The summed E-state index contributed by atoms with van der Waals surface area (Å²) >= 11 is 0. The minimum absolute atomic E-state index is 0.130. The molecule has 3 aromatic rings. The van der Waals surface area contributed by atoms with Gasteiger partial charge in [0.05, 0.1) is 0 Å². The lowest BCUT2D eigenvalue weighted by Crippen LogP contribution is -2.19. The van der Waals surface area contributed by atoms with Gasteiger partial charge in [0.25, 0.3) is 0 Å². The molecule has 3 rings (SSSR count). The number of amides is 2. The molecule has 0 spiro atoms. The summed E-state index contributed by atoms with van der Waals surface area (Å²) in [5, 5.41) is 18.6. The Kier molecular flexibility index (Phi) is 5.03. The van der Waals surface area contributed by atoms with E-state index in [9.17, 15) is 9.90 Å². The number of ether oxygens (including phenoxy) is 1. The SMILES string of the molecule is CC(C)(C)c1cc(NC(=O)Nc2ccc(Oc3cccc(O)c3)cc2)no1. The second kappa shape index (κ2) is 7.41. The van der Waals surface area contributed by atoms with Gasteiger partial charge < -0.3 is 19.7 Å². The quantitative estimate of drug-likeness (QED) is 0.595. The molecule has 140 valence electrons. The fraction of sp³-hybridized carbons (Fsp3) is 0.200. The number of phenols is 1. The van der Waals surface area contributed by atoms with E-state index in [2.05, 4.69) is 15.8 Å². The first kappa shape index (κ1) is 18.3. The van der Waals surface area contributed by atoms with Crippen molar-refractivity contribution in [3.05, 3.63) is 60.4 Å². The monoisotopic (exact) mass is 367 g/mol. The van der Waals surface area contributed by atoms with Crippen molar-refractivity contribution in [1.82, 2.24) is 5.16 Å². The molecule has 0 atom stereocenters. The van der Waals surface area contributed by atoms with Gasteiger partial charge in [0.1, 0.15) is 23.0 Å². The second-order valence-corrected chi connectivity index (χ2v) is 7.03. The molecule has 7 nitrogen and oxygen atoms in total. The summed E-state index contributed by atoms with van der Waals surface area (Å²) < 4.78 is 10.9. The van der Waals surface area contributed by atoms with Crippen molar-refractivity contribution in [2.75, 3.05) is 10.6 Å². The largest absolute Gasteiger partial charge is 0.508 e. The second-order valence-electron chi connectivity index (χ2n) is 7.03. The van der Waals surface area contributed by atoms with Gasteiger partial charge in [0, 0.05) is 23.2 Å². The standard InChI is InChI=1S/C20H21N3O4/c1-20(2,3)17-12-18(23-27-17)22-19(25)21-13-7-9-15(10-8-13)26-16-6-4-5-14(24)11-16/h4-12,24H,1-3H3,(H2,21,22,23,25). The van der Waals surface area contributed by atoms with Crippen LogP contribution >= 0.6 is 0 Å². The van der Waals surface area contributed by atoms with Crippen LogP contribution in [0.4, 0.5) is 16.3 Å². The highest BCUT2D eigenvalue weighted by molar-refractivity contribution is 5.99. The van der Waals surface area contributed by atoms with Crippen molar-refractivity contribution in [3.63, 3.8) is 0 Å². The molecule has 0 aliphatic rings. The van der Waals surface area contributed by atoms with Gasteiger partial charge in [-0.05, 0) is 36.4 Å². The number of nitrogens with one attached hydrogen (secondary N) is 2. The highest BCUT2D eigenvalue weighted by Gasteiger charge is 2.20. The molecule has 1 heterocycles. The van der Waals surface area contributed by atoms with Crippen molar-refractivity contribution < 1.29 is 19.2 Å². The zero-order valence-corrected chi connectivity index (χ0v) is 15.3. The Hall–Kier alpha value is -3.48. The molecule has 0 unspecified atom stereocenters. The number of hydrogen-bond donors (Lipinski definition) is 3. The van der Waals surface area contributed by atoms with E-state index in [4.69, 9.17) is 9.26 Å². The number of anilines is 2. The first-order chi connectivity index (χ1) is 12.8. The van der Waals surface area contributed by atoms with E-state index in [-0.39, 0.29) is 11.2 Å². The molecule has 27 heavy (non-hydrogen) atoms. The molecular formula is C20H21N3O4. The lowest BCUT2D eigenvalue weighted by atomic mass is 9.93. The van der Waals surface area contributed by atoms with Crippen LogP contribution in [0, 0.1) is 0 Å². The lowest BCUT2D eigenvalue weighted by molar-refractivity contribution is 0.262. The number of benzene rings is 2. The summed E-state index contributed by atoms with van der Waals surface area (Å²) in [6, 6.07) is 14.6. The first-order valence-corrected chi connectivity index (χ1v) is 8.42. The molecule has 7 heteroatoms. The van der Waals surface area contributed by atoms with Gasteiger partial charge in [-0.25, -0.2) is 4.79 Å². The van der Waals surface area contributed by atoms with E-state index in [1.807, 2.05) is 20.8 Å². The van der Waals surface area contributed by atoms with Crippen LogP contribution in [0.2, 0.25) is 0 Å². The third-order valence-corrected chi connectivity index (χ3v) is 3.66. The number of rotatable bonds is 4. The normalized spacial score (nSPS) is 11.1. The Bertz CT molecular complexity index is 927. The fourth-order valence-corrected chi connectivity index (χ4v) is 2.26. The predicted octanol–water partition coefficient (Wildman–Crippen LogP) is 5.11. The van der Waals surface area contributed by atoms with Crippen molar-refractivity contribution >= 4 is 17.5 Å². The molecule has 0 fully saturated rings. The van der Waals surface area contributed by atoms with Gasteiger partial charge in [0.2, 0.25) is 0 Å². The minimum Gasteiger partial charge on any atom is -0.508 e. The highest BCUT2D eigenvalue weighted by Crippen LogP contribution is 2.26. The molecule has 3 N–H and O–H groups in total. The Labute approximate surface area is 157 Å². The summed E-state index contributed by atoms with van der Waals surface area (Å²) in [6.45, 7) is 5.99. The van der Waals surface area contributed by atoms with Crippen LogP contribution in [-0.2, 0) is 5.41 Å². The highest BCUT2D eigenvalue weighted by atomic mass is 16.5. The Morgan fingerprint density at radius 3 is 2.41 bits per heavy atom. The zero-order chi connectivity index (χ0) is 19.4.